The first kappa shape index (κ1) is 15.7. The van der Waals surface area contributed by atoms with Gasteiger partial charge in [-0.25, -0.2) is 9.97 Å². The third-order valence-corrected chi connectivity index (χ3v) is 3.44. The first-order chi connectivity index (χ1) is 8.50. The fourth-order valence-electron chi connectivity index (χ4n) is 1.58. The van der Waals surface area contributed by atoms with Gasteiger partial charge in [-0.15, -0.1) is 0 Å². The number of nitrogens with zero attached hydrogens (tertiary/aromatic N) is 3. The highest BCUT2D eigenvalue weighted by Gasteiger charge is 2.28. The molecule has 108 valence electrons. The van der Waals surface area contributed by atoms with Gasteiger partial charge in [0.15, 0.2) is 0 Å². The smallest absolute Gasteiger partial charge is 0.138 e. The van der Waals surface area contributed by atoms with Gasteiger partial charge < -0.3 is 15.7 Å². The van der Waals surface area contributed by atoms with Crippen molar-refractivity contribution in [2.75, 3.05) is 24.3 Å². The summed E-state index contributed by atoms with van der Waals surface area (Å²) in [7, 11) is 1.91. The molecule has 0 bridgehead atoms. The van der Waals surface area contributed by atoms with E-state index in [1.165, 1.54) is 0 Å². The molecule has 0 aliphatic heterocycles. The van der Waals surface area contributed by atoms with E-state index in [1.54, 1.807) is 0 Å². The van der Waals surface area contributed by atoms with Gasteiger partial charge in [0, 0.05) is 18.0 Å². The van der Waals surface area contributed by atoms with Crippen LogP contribution in [0.4, 0.5) is 11.6 Å². The van der Waals surface area contributed by atoms with Crippen LogP contribution in [0.3, 0.4) is 0 Å². The molecule has 0 atom stereocenters. The second kappa shape index (κ2) is 4.96. The Hall–Kier alpha value is -1.36. The molecule has 0 aromatic carbocycles. The molecule has 0 saturated carbocycles. The number of nitrogen functional groups attached to an aromatic ring is 1. The van der Waals surface area contributed by atoms with Crippen LogP contribution in [0, 0.1) is 6.92 Å². The Balaban J connectivity index is 3.39. The van der Waals surface area contributed by atoms with E-state index in [9.17, 15) is 5.11 Å². The number of aromatic nitrogens is 2. The van der Waals surface area contributed by atoms with E-state index in [0.717, 1.165) is 11.4 Å². The molecule has 0 unspecified atom stereocenters. The van der Waals surface area contributed by atoms with Crippen LogP contribution in [0.1, 0.15) is 46.0 Å². The maximum atomic E-state index is 9.50. The lowest BCUT2D eigenvalue weighted by molar-refractivity contribution is 0.215. The molecule has 0 fully saturated rings. The van der Waals surface area contributed by atoms with Crippen LogP contribution >= 0.6 is 0 Å². The Kier molecular flexibility index (Phi) is 4.10. The molecule has 0 saturated heterocycles. The van der Waals surface area contributed by atoms with Crippen LogP contribution in [0.5, 0.6) is 0 Å². The molecule has 1 rings (SSSR count). The topological polar surface area (TPSA) is 75.3 Å². The molecule has 1 aromatic rings. The van der Waals surface area contributed by atoms with E-state index in [4.69, 9.17) is 5.73 Å². The Bertz CT molecular complexity index is 463. The molecule has 5 heteroatoms. The molecule has 0 aliphatic rings. The molecule has 3 N–H and O–H groups in total. The van der Waals surface area contributed by atoms with E-state index < -0.39 is 5.54 Å². The molecular weight excluding hydrogens is 240 g/mol. The number of nitrogens with two attached hydrogens (primary N) is 1. The summed E-state index contributed by atoms with van der Waals surface area (Å²) in [5, 5.41) is 9.50. The highest BCUT2D eigenvalue weighted by atomic mass is 16.3. The Morgan fingerprint density at radius 3 is 2.11 bits per heavy atom. The first-order valence-corrected chi connectivity index (χ1v) is 6.50. The highest BCUT2D eigenvalue weighted by Crippen LogP contribution is 2.29. The second-order valence-electron chi connectivity index (χ2n) is 6.66. The third kappa shape index (κ3) is 3.15. The van der Waals surface area contributed by atoms with Crippen molar-refractivity contribution >= 4 is 11.6 Å². The van der Waals surface area contributed by atoms with Gasteiger partial charge in [0.05, 0.1) is 12.1 Å². The van der Waals surface area contributed by atoms with Gasteiger partial charge in [0.2, 0.25) is 0 Å². The predicted octanol–water partition coefficient (Wildman–Crippen LogP) is 1.87. The van der Waals surface area contributed by atoms with E-state index in [0.29, 0.717) is 11.6 Å². The first-order valence-electron chi connectivity index (χ1n) is 6.50. The maximum absolute atomic E-state index is 9.50. The zero-order chi connectivity index (χ0) is 15.0. The summed E-state index contributed by atoms with van der Waals surface area (Å²) in [4.78, 5) is 11.0. The van der Waals surface area contributed by atoms with Crippen LogP contribution < -0.4 is 10.6 Å². The van der Waals surface area contributed by atoms with E-state index in [1.807, 2.05) is 32.7 Å². The zero-order valence-corrected chi connectivity index (χ0v) is 13.1. The van der Waals surface area contributed by atoms with Crippen LogP contribution in [-0.4, -0.2) is 34.3 Å². The number of hydrogen-bond donors (Lipinski definition) is 2. The largest absolute Gasteiger partial charge is 0.394 e. The molecule has 1 heterocycles. The van der Waals surface area contributed by atoms with Gasteiger partial charge in [-0.05, 0) is 20.8 Å². The van der Waals surface area contributed by atoms with Crippen molar-refractivity contribution in [2.45, 2.75) is 52.5 Å². The lowest BCUT2D eigenvalue weighted by Gasteiger charge is -2.36. The summed E-state index contributed by atoms with van der Waals surface area (Å²) in [6.07, 6.45) is 0. The number of hydrogen-bond acceptors (Lipinski definition) is 5. The minimum absolute atomic E-state index is 0.0394. The Labute approximate surface area is 115 Å². The van der Waals surface area contributed by atoms with Crippen LogP contribution in [0.15, 0.2) is 0 Å². The summed E-state index contributed by atoms with van der Waals surface area (Å²) >= 11 is 0. The van der Waals surface area contributed by atoms with E-state index >= 15 is 0 Å². The van der Waals surface area contributed by atoms with E-state index in [2.05, 4.69) is 30.7 Å². The monoisotopic (exact) mass is 266 g/mol. The molecule has 5 nitrogen and oxygen atoms in total. The Morgan fingerprint density at radius 2 is 1.68 bits per heavy atom. The summed E-state index contributed by atoms with van der Waals surface area (Å²) < 4.78 is 0. The molecular formula is C14H26N4O. The van der Waals surface area contributed by atoms with Crippen molar-refractivity contribution in [1.29, 1.82) is 0 Å². The van der Waals surface area contributed by atoms with Crippen molar-refractivity contribution in [3.8, 4) is 0 Å². The quantitative estimate of drug-likeness (QED) is 0.873. The Morgan fingerprint density at radius 1 is 1.16 bits per heavy atom. The SMILES string of the molecule is Cc1c(N)nc(C(C)(C)C)nc1N(C)C(C)(C)CO. The highest BCUT2D eigenvalue weighted by molar-refractivity contribution is 5.57. The van der Waals surface area contributed by atoms with Crippen molar-refractivity contribution in [3.05, 3.63) is 11.4 Å². The molecule has 0 aliphatic carbocycles. The number of rotatable bonds is 3. The summed E-state index contributed by atoms with van der Waals surface area (Å²) in [5.41, 5.74) is 6.28. The molecule has 0 spiro atoms. The number of likely N-dealkylation sites (N-methyl/N-ethyl adjacent to an activating group) is 1. The lowest BCUT2D eigenvalue weighted by Crippen LogP contribution is -2.45. The lowest BCUT2D eigenvalue weighted by atomic mass is 9.95. The van der Waals surface area contributed by atoms with Gasteiger partial charge in [-0.3, -0.25) is 0 Å². The van der Waals surface area contributed by atoms with Gasteiger partial charge in [0.1, 0.15) is 17.5 Å². The fraction of sp³-hybridized carbons (Fsp3) is 0.714. The minimum Gasteiger partial charge on any atom is -0.394 e. The molecule has 0 amide bonds. The average Bonchev–Trinajstić information content (AvgIpc) is 2.30. The normalized spacial score (nSPS) is 12.6. The standard InChI is InChI=1S/C14H26N4O/c1-9-10(15)16-12(13(2,3)4)17-11(9)18(7)14(5,6)8-19/h19H,8H2,1-7H3,(H2,15,16,17). The van der Waals surface area contributed by atoms with E-state index in [-0.39, 0.29) is 12.0 Å². The fourth-order valence-corrected chi connectivity index (χ4v) is 1.58. The minimum atomic E-state index is -0.402. The van der Waals surface area contributed by atoms with Gasteiger partial charge in [0.25, 0.3) is 0 Å². The van der Waals surface area contributed by atoms with Gasteiger partial charge in [-0.2, -0.15) is 0 Å². The predicted molar refractivity (Wildman–Crippen MR) is 79.4 cm³/mol. The number of aliphatic hydroxyl groups excluding tert-OH is 1. The van der Waals surface area contributed by atoms with Gasteiger partial charge in [-0.1, -0.05) is 20.8 Å². The van der Waals surface area contributed by atoms with Crippen LogP contribution in [-0.2, 0) is 5.41 Å². The zero-order valence-electron chi connectivity index (χ0n) is 13.1. The molecule has 19 heavy (non-hydrogen) atoms. The van der Waals surface area contributed by atoms with Crippen molar-refractivity contribution < 1.29 is 5.11 Å². The summed E-state index contributed by atoms with van der Waals surface area (Å²) in [6.45, 7) is 12.0. The van der Waals surface area contributed by atoms with Crippen LogP contribution in [0.2, 0.25) is 0 Å². The van der Waals surface area contributed by atoms with Crippen molar-refractivity contribution in [1.82, 2.24) is 9.97 Å². The van der Waals surface area contributed by atoms with Crippen LogP contribution in [0.25, 0.3) is 0 Å². The van der Waals surface area contributed by atoms with Crippen molar-refractivity contribution in [2.24, 2.45) is 0 Å². The average molecular weight is 266 g/mol. The maximum Gasteiger partial charge on any atom is 0.138 e. The molecule has 0 radical (unpaired) electrons. The van der Waals surface area contributed by atoms with Crippen molar-refractivity contribution in [3.63, 3.8) is 0 Å². The third-order valence-electron chi connectivity index (χ3n) is 3.44. The summed E-state index contributed by atoms with van der Waals surface area (Å²) in [5.74, 6) is 1.98. The summed E-state index contributed by atoms with van der Waals surface area (Å²) in [6, 6.07) is 0. The number of anilines is 2. The second-order valence-corrected chi connectivity index (χ2v) is 6.66. The number of aliphatic hydroxyl groups is 1. The van der Waals surface area contributed by atoms with Gasteiger partial charge >= 0.3 is 0 Å². The molecule has 1 aromatic heterocycles.